The minimum atomic E-state index is -0.529. The smallest absolute Gasteiger partial charge is 0.302 e. The molecule has 1 unspecified atom stereocenters. The highest BCUT2D eigenvalue weighted by atomic mass is 32.2. The summed E-state index contributed by atoms with van der Waals surface area (Å²) in [6.07, 6.45) is 3.44. The van der Waals surface area contributed by atoms with Gasteiger partial charge in [0.05, 0.1) is 11.0 Å². The van der Waals surface area contributed by atoms with Crippen LogP contribution in [0.1, 0.15) is 18.4 Å². The van der Waals surface area contributed by atoms with E-state index in [1.807, 2.05) is 0 Å². The molecular weight excluding hydrogens is 284 g/mol. The minimum absolute atomic E-state index is 0.116. The van der Waals surface area contributed by atoms with Crippen LogP contribution in [-0.2, 0) is 4.74 Å². The molecule has 9 heteroatoms. The van der Waals surface area contributed by atoms with Crippen LogP contribution in [0.4, 0.5) is 5.69 Å². The van der Waals surface area contributed by atoms with Crippen LogP contribution in [0.2, 0.25) is 0 Å². The third kappa shape index (κ3) is 3.36. The number of hydrogen-bond donors (Lipinski definition) is 2. The first-order valence-corrected chi connectivity index (χ1v) is 6.97. The van der Waals surface area contributed by atoms with Gasteiger partial charge in [-0.2, -0.15) is 0 Å². The molecule has 0 aromatic carbocycles. The van der Waals surface area contributed by atoms with Crippen molar-refractivity contribution in [3.8, 4) is 0 Å². The van der Waals surface area contributed by atoms with E-state index in [2.05, 4.69) is 10.1 Å². The molecule has 3 N–H and O–H groups in total. The molecule has 1 aromatic heterocycles. The molecule has 1 aromatic rings. The van der Waals surface area contributed by atoms with Crippen molar-refractivity contribution >= 4 is 23.3 Å². The molecule has 0 radical (unpaired) electrons. The molecule has 1 saturated heterocycles. The van der Waals surface area contributed by atoms with Crippen molar-refractivity contribution in [1.82, 2.24) is 4.98 Å². The highest BCUT2D eigenvalue weighted by Gasteiger charge is 2.21. The number of oxime groups is 1. The lowest BCUT2D eigenvalue weighted by Gasteiger charge is -2.08. The highest BCUT2D eigenvalue weighted by Crippen LogP contribution is 2.30. The molecule has 2 heterocycles. The van der Waals surface area contributed by atoms with Gasteiger partial charge in [-0.1, -0.05) is 16.9 Å². The molecule has 108 valence electrons. The third-order valence-corrected chi connectivity index (χ3v) is 3.99. The summed E-state index contributed by atoms with van der Waals surface area (Å²) >= 11 is 1.28. The molecule has 0 bridgehead atoms. The number of hydrogen-bond acceptors (Lipinski definition) is 7. The zero-order valence-corrected chi connectivity index (χ0v) is 11.4. The first-order valence-electron chi connectivity index (χ1n) is 5.98. The van der Waals surface area contributed by atoms with Crippen molar-refractivity contribution in [3.05, 3.63) is 27.9 Å². The highest BCUT2D eigenvalue weighted by molar-refractivity contribution is 7.99. The molecule has 1 atom stereocenters. The zero-order chi connectivity index (χ0) is 14.5. The fourth-order valence-electron chi connectivity index (χ4n) is 1.83. The maximum absolute atomic E-state index is 11.1. The normalized spacial score (nSPS) is 19.2. The summed E-state index contributed by atoms with van der Waals surface area (Å²) < 4.78 is 5.46. The quantitative estimate of drug-likeness (QED) is 0.210. The monoisotopic (exact) mass is 298 g/mol. The molecule has 0 aliphatic carbocycles. The van der Waals surface area contributed by atoms with Gasteiger partial charge in [-0.3, -0.25) is 10.1 Å². The zero-order valence-electron chi connectivity index (χ0n) is 10.6. The molecule has 1 fully saturated rings. The Morgan fingerprint density at radius 1 is 1.75 bits per heavy atom. The molecule has 2 rings (SSSR count). The second kappa shape index (κ2) is 6.53. The van der Waals surface area contributed by atoms with E-state index in [9.17, 15) is 10.1 Å². The van der Waals surface area contributed by atoms with E-state index in [0.29, 0.717) is 10.8 Å². The Morgan fingerprint density at radius 2 is 2.55 bits per heavy atom. The number of nitro groups is 1. The molecule has 1 aliphatic rings. The van der Waals surface area contributed by atoms with Gasteiger partial charge in [-0.05, 0) is 12.8 Å². The number of pyridine rings is 1. The predicted octanol–water partition coefficient (Wildman–Crippen LogP) is 1.36. The number of aromatic nitrogens is 1. The van der Waals surface area contributed by atoms with Crippen LogP contribution in [0.15, 0.2) is 22.4 Å². The first-order chi connectivity index (χ1) is 9.61. The van der Waals surface area contributed by atoms with E-state index in [1.54, 1.807) is 0 Å². The van der Waals surface area contributed by atoms with Crippen LogP contribution in [0, 0.1) is 10.1 Å². The lowest BCUT2D eigenvalue weighted by Crippen LogP contribution is -2.14. The Kier molecular flexibility index (Phi) is 4.74. The number of nitrogens with zero attached hydrogens (tertiary/aromatic N) is 3. The topological polar surface area (TPSA) is 124 Å². The van der Waals surface area contributed by atoms with Crippen molar-refractivity contribution in [2.24, 2.45) is 10.9 Å². The maximum atomic E-state index is 11.1. The Morgan fingerprint density at radius 3 is 3.15 bits per heavy atom. The van der Waals surface area contributed by atoms with Crippen molar-refractivity contribution in [1.29, 1.82) is 0 Å². The van der Waals surface area contributed by atoms with Crippen molar-refractivity contribution in [2.75, 3.05) is 12.4 Å². The fraction of sp³-hybridized carbons (Fsp3) is 0.455. The van der Waals surface area contributed by atoms with Gasteiger partial charge >= 0.3 is 5.69 Å². The van der Waals surface area contributed by atoms with Crippen molar-refractivity contribution < 1.29 is 14.9 Å². The molecule has 0 amide bonds. The first kappa shape index (κ1) is 14.5. The Bertz CT molecular complexity index is 531. The minimum Gasteiger partial charge on any atom is -0.409 e. The van der Waals surface area contributed by atoms with E-state index in [1.165, 1.54) is 24.0 Å². The van der Waals surface area contributed by atoms with Gasteiger partial charge in [0.25, 0.3) is 0 Å². The Labute approximate surface area is 119 Å². The lowest BCUT2D eigenvalue weighted by molar-refractivity contribution is -0.388. The molecule has 8 nitrogen and oxygen atoms in total. The van der Waals surface area contributed by atoms with Crippen LogP contribution >= 0.6 is 11.8 Å². The second-order valence-electron chi connectivity index (χ2n) is 4.24. The molecule has 0 saturated carbocycles. The molecule has 1 aliphatic heterocycles. The van der Waals surface area contributed by atoms with Gasteiger partial charge < -0.3 is 15.7 Å². The largest absolute Gasteiger partial charge is 0.409 e. The van der Waals surface area contributed by atoms with Gasteiger partial charge in [0.2, 0.25) is 0 Å². The van der Waals surface area contributed by atoms with Gasteiger partial charge in [-0.15, -0.1) is 0 Å². The second-order valence-corrected chi connectivity index (χ2v) is 5.25. The average molecular weight is 298 g/mol. The number of nitrogens with two attached hydrogens (primary N) is 1. The molecular formula is C11H14N4O4S. The number of thioether (sulfide) groups is 1. The fourth-order valence-corrected chi connectivity index (χ4v) is 2.84. The summed E-state index contributed by atoms with van der Waals surface area (Å²) in [5.74, 6) is 0.410. The van der Waals surface area contributed by atoms with Crippen LogP contribution in [0.25, 0.3) is 0 Å². The van der Waals surface area contributed by atoms with E-state index < -0.39 is 4.92 Å². The summed E-state index contributed by atoms with van der Waals surface area (Å²) in [7, 11) is 0. The average Bonchev–Trinajstić information content (AvgIpc) is 2.97. The van der Waals surface area contributed by atoms with Gasteiger partial charge in [0.1, 0.15) is 0 Å². The standard InChI is InChI=1S/C11H14N4O4S/c12-10(14-16)7-4-9(15(17)18)11(13-5-7)20-6-8-2-1-3-19-8/h4-5,8,16H,1-3,6H2,(H2,12,14). The van der Waals surface area contributed by atoms with E-state index >= 15 is 0 Å². The summed E-state index contributed by atoms with van der Waals surface area (Å²) in [4.78, 5) is 14.6. The predicted molar refractivity (Wildman–Crippen MR) is 73.1 cm³/mol. The van der Waals surface area contributed by atoms with Gasteiger partial charge in [0, 0.05) is 30.2 Å². The van der Waals surface area contributed by atoms with Crippen LogP contribution in [0.3, 0.4) is 0 Å². The molecule has 0 spiro atoms. The van der Waals surface area contributed by atoms with E-state index in [-0.39, 0.29) is 23.2 Å². The summed E-state index contributed by atoms with van der Waals surface area (Å²) in [6, 6.07) is 1.25. The summed E-state index contributed by atoms with van der Waals surface area (Å²) in [6.45, 7) is 0.739. The van der Waals surface area contributed by atoms with Gasteiger partial charge in [-0.25, -0.2) is 4.98 Å². The summed E-state index contributed by atoms with van der Waals surface area (Å²) in [5.41, 5.74) is 5.45. The van der Waals surface area contributed by atoms with Crippen LogP contribution in [0.5, 0.6) is 0 Å². The van der Waals surface area contributed by atoms with Crippen molar-refractivity contribution in [2.45, 2.75) is 24.0 Å². The summed E-state index contributed by atoms with van der Waals surface area (Å²) in [5, 5.41) is 22.7. The van der Waals surface area contributed by atoms with Gasteiger partial charge in [0.15, 0.2) is 10.9 Å². The maximum Gasteiger partial charge on any atom is 0.302 e. The van der Waals surface area contributed by atoms with Crippen LogP contribution < -0.4 is 5.73 Å². The lowest BCUT2D eigenvalue weighted by atomic mass is 10.2. The van der Waals surface area contributed by atoms with Crippen molar-refractivity contribution in [3.63, 3.8) is 0 Å². The third-order valence-electron chi connectivity index (χ3n) is 2.86. The number of ether oxygens (including phenoxy) is 1. The van der Waals surface area contributed by atoms with Crippen LogP contribution in [-0.4, -0.2) is 39.4 Å². The molecule has 20 heavy (non-hydrogen) atoms. The van der Waals surface area contributed by atoms with E-state index in [4.69, 9.17) is 15.7 Å². The Balaban J connectivity index is 2.16. The van der Waals surface area contributed by atoms with E-state index in [0.717, 1.165) is 19.4 Å². The SMILES string of the molecule is NC(=NO)c1cnc(SCC2CCCO2)c([N+](=O)[O-])c1. The number of rotatable bonds is 5. The Hall–Kier alpha value is -1.87. The number of amidine groups is 1.